The average Bonchev–Trinajstić information content (AvgIpc) is 3.29. The van der Waals surface area contributed by atoms with Gasteiger partial charge in [-0.15, -0.1) is 0 Å². The summed E-state index contributed by atoms with van der Waals surface area (Å²) in [5.41, 5.74) is 0.336. The van der Waals surface area contributed by atoms with Crippen LogP contribution in [0, 0.1) is 0 Å². The van der Waals surface area contributed by atoms with Gasteiger partial charge >= 0.3 is 18.0 Å². The van der Waals surface area contributed by atoms with Gasteiger partial charge in [-0.1, -0.05) is 12.1 Å². The van der Waals surface area contributed by atoms with Gasteiger partial charge in [0.05, 0.1) is 20.8 Å². The number of carbonyl (C=O) groups excluding carboxylic acids is 4. The fourth-order valence-electron chi connectivity index (χ4n) is 2.76. The molecular formula is C20H18N2O8. The maximum atomic E-state index is 12.7. The number of methoxy groups -OCH3 is 2. The van der Waals surface area contributed by atoms with Gasteiger partial charge in [0.15, 0.2) is 11.5 Å². The molecule has 3 amide bonds. The normalized spacial score (nSPS) is 14.6. The van der Waals surface area contributed by atoms with Crippen molar-refractivity contribution in [2.24, 2.45) is 0 Å². The molecule has 1 aliphatic rings. The molecule has 1 aromatic heterocycles. The molecule has 2 aromatic rings. The summed E-state index contributed by atoms with van der Waals surface area (Å²) in [6.45, 7) is 1.05. The van der Waals surface area contributed by atoms with Crippen LogP contribution in [0.25, 0.3) is 6.08 Å². The molecule has 10 heteroatoms. The first-order valence-corrected chi connectivity index (χ1v) is 8.71. The quantitative estimate of drug-likeness (QED) is 0.330. The number of imide groups is 1. The standard InChI is InChI=1S/C20H18N2O8/c1-11(23)29-17-12(5-4-6-15(17)27-2)9-14-18(24)22(20(26)21-14)10-13-7-8-16(30-13)19(25)28-3/h4-9H,10H2,1-3H3,(H,21,26). The Hall–Kier alpha value is -4.08. The van der Waals surface area contributed by atoms with E-state index in [1.54, 1.807) is 18.2 Å². The van der Waals surface area contributed by atoms with Crippen molar-refractivity contribution in [1.29, 1.82) is 0 Å². The minimum Gasteiger partial charge on any atom is -0.493 e. The molecule has 0 bridgehead atoms. The maximum absolute atomic E-state index is 12.7. The van der Waals surface area contributed by atoms with Gasteiger partial charge in [-0.05, 0) is 24.3 Å². The van der Waals surface area contributed by atoms with Crippen molar-refractivity contribution >= 4 is 30.0 Å². The van der Waals surface area contributed by atoms with Crippen molar-refractivity contribution < 1.29 is 37.8 Å². The van der Waals surface area contributed by atoms with Crippen molar-refractivity contribution in [2.45, 2.75) is 13.5 Å². The molecule has 1 fully saturated rings. The summed E-state index contributed by atoms with van der Waals surface area (Å²) in [5.74, 6) is -1.27. The van der Waals surface area contributed by atoms with E-state index >= 15 is 0 Å². The lowest BCUT2D eigenvalue weighted by Crippen LogP contribution is -2.30. The van der Waals surface area contributed by atoms with Crippen LogP contribution in [0.5, 0.6) is 11.5 Å². The Bertz CT molecular complexity index is 1050. The topological polar surface area (TPSA) is 124 Å². The predicted octanol–water partition coefficient (Wildman–Crippen LogP) is 2.09. The second-order valence-electron chi connectivity index (χ2n) is 6.11. The second-order valence-corrected chi connectivity index (χ2v) is 6.11. The van der Waals surface area contributed by atoms with Crippen molar-refractivity contribution in [3.63, 3.8) is 0 Å². The SMILES string of the molecule is COC(=O)c1ccc(CN2C(=O)NC(=Cc3cccc(OC)c3OC(C)=O)C2=O)o1. The molecule has 1 saturated heterocycles. The van der Waals surface area contributed by atoms with Crippen LogP contribution >= 0.6 is 0 Å². The lowest BCUT2D eigenvalue weighted by Gasteiger charge is -2.11. The van der Waals surface area contributed by atoms with Crippen molar-refractivity contribution in [3.05, 3.63) is 53.1 Å². The third kappa shape index (κ3) is 4.17. The molecule has 1 N–H and O–H groups in total. The Morgan fingerprint density at radius 3 is 2.60 bits per heavy atom. The highest BCUT2D eigenvalue weighted by molar-refractivity contribution is 6.14. The predicted molar refractivity (Wildman–Crippen MR) is 101 cm³/mol. The largest absolute Gasteiger partial charge is 0.493 e. The summed E-state index contributed by atoms with van der Waals surface area (Å²) >= 11 is 0. The van der Waals surface area contributed by atoms with Crippen LogP contribution in [-0.4, -0.2) is 43.0 Å². The first-order chi connectivity index (χ1) is 14.3. The van der Waals surface area contributed by atoms with Gasteiger partial charge in [-0.3, -0.25) is 14.5 Å². The van der Waals surface area contributed by atoms with E-state index < -0.39 is 23.9 Å². The molecule has 0 atom stereocenters. The Balaban J connectivity index is 1.86. The van der Waals surface area contributed by atoms with E-state index in [1.807, 2.05) is 0 Å². The Labute approximate surface area is 171 Å². The zero-order valence-corrected chi connectivity index (χ0v) is 16.4. The van der Waals surface area contributed by atoms with Gasteiger partial charge in [0.1, 0.15) is 11.5 Å². The summed E-state index contributed by atoms with van der Waals surface area (Å²) in [6.07, 6.45) is 1.38. The molecule has 30 heavy (non-hydrogen) atoms. The Morgan fingerprint density at radius 2 is 1.93 bits per heavy atom. The van der Waals surface area contributed by atoms with Crippen LogP contribution < -0.4 is 14.8 Å². The van der Waals surface area contributed by atoms with E-state index in [0.717, 1.165) is 4.90 Å². The number of hydrogen-bond acceptors (Lipinski definition) is 8. The van der Waals surface area contributed by atoms with Gasteiger partial charge in [-0.2, -0.15) is 0 Å². The maximum Gasteiger partial charge on any atom is 0.373 e. The minimum absolute atomic E-state index is 0.0265. The van der Waals surface area contributed by atoms with Crippen molar-refractivity contribution in [2.75, 3.05) is 14.2 Å². The molecule has 0 saturated carbocycles. The van der Waals surface area contributed by atoms with E-state index in [9.17, 15) is 19.2 Å². The number of amides is 3. The van der Waals surface area contributed by atoms with Gasteiger partial charge in [0.2, 0.25) is 5.76 Å². The van der Waals surface area contributed by atoms with E-state index in [0.29, 0.717) is 11.3 Å². The van der Waals surface area contributed by atoms with E-state index in [-0.39, 0.29) is 29.5 Å². The van der Waals surface area contributed by atoms with Crippen LogP contribution in [0.15, 0.2) is 40.4 Å². The third-order valence-corrected chi connectivity index (χ3v) is 4.10. The molecule has 3 rings (SSSR count). The highest BCUT2D eigenvalue weighted by Crippen LogP contribution is 2.33. The van der Waals surface area contributed by atoms with Gasteiger partial charge < -0.3 is 23.9 Å². The van der Waals surface area contributed by atoms with E-state index in [2.05, 4.69) is 10.1 Å². The monoisotopic (exact) mass is 414 g/mol. The summed E-state index contributed by atoms with van der Waals surface area (Å²) in [4.78, 5) is 48.8. The van der Waals surface area contributed by atoms with Gasteiger partial charge in [0.25, 0.3) is 5.91 Å². The molecule has 2 heterocycles. The number of nitrogens with one attached hydrogen (secondary N) is 1. The zero-order chi connectivity index (χ0) is 21.8. The van der Waals surface area contributed by atoms with Crippen LogP contribution in [-0.2, 0) is 20.9 Å². The smallest absolute Gasteiger partial charge is 0.373 e. The molecule has 0 unspecified atom stereocenters. The number of furan rings is 1. The summed E-state index contributed by atoms with van der Waals surface area (Å²) in [7, 11) is 2.62. The van der Waals surface area contributed by atoms with Gasteiger partial charge in [-0.25, -0.2) is 9.59 Å². The highest BCUT2D eigenvalue weighted by atomic mass is 16.6. The molecule has 156 valence electrons. The van der Waals surface area contributed by atoms with Crippen molar-refractivity contribution in [1.82, 2.24) is 10.2 Å². The number of ether oxygens (including phenoxy) is 3. The van der Waals surface area contributed by atoms with Crippen molar-refractivity contribution in [3.8, 4) is 11.5 Å². The molecule has 0 radical (unpaired) electrons. The number of carbonyl (C=O) groups is 4. The van der Waals surface area contributed by atoms with E-state index in [4.69, 9.17) is 13.9 Å². The molecule has 1 aromatic carbocycles. The number of nitrogens with zero attached hydrogens (tertiary/aromatic N) is 1. The number of para-hydroxylation sites is 1. The van der Waals surface area contributed by atoms with Crippen LogP contribution in [0.3, 0.4) is 0 Å². The van der Waals surface area contributed by atoms with Crippen LogP contribution in [0.4, 0.5) is 4.79 Å². The molecule has 1 aliphatic heterocycles. The molecule has 10 nitrogen and oxygen atoms in total. The number of rotatable bonds is 6. The minimum atomic E-state index is -0.671. The number of benzene rings is 1. The Kier molecular flexibility index (Phi) is 5.86. The van der Waals surface area contributed by atoms with E-state index in [1.165, 1.54) is 39.4 Å². The van der Waals surface area contributed by atoms with Crippen LogP contribution in [0.2, 0.25) is 0 Å². The lowest BCUT2D eigenvalue weighted by molar-refractivity contribution is -0.132. The molecule has 0 aliphatic carbocycles. The summed E-state index contributed by atoms with van der Waals surface area (Å²) in [5, 5.41) is 2.47. The third-order valence-electron chi connectivity index (χ3n) is 4.10. The zero-order valence-electron chi connectivity index (χ0n) is 16.4. The number of hydrogen-bond donors (Lipinski definition) is 1. The van der Waals surface area contributed by atoms with Crippen LogP contribution in [0.1, 0.15) is 28.8 Å². The average molecular weight is 414 g/mol. The summed E-state index contributed by atoms with van der Waals surface area (Å²) < 4.78 is 20.2. The molecule has 0 spiro atoms. The lowest BCUT2D eigenvalue weighted by atomic mass is 10.1. The summed E-state index contributed by atoms with van der Waals surface area (Å²) in [6, 6.07) is 7.03. The fraction of sp³-hybridized carbons (Fsp3) is 0.200. The fourth-order valence-corrected chi connectivity index (χ4v) is 2.76. The first-order valence-electron chi connectivity index (χ1n) is 8.71. The second kappa shape index (κ2) is 8.52. The van der Waals surface area contributed by atoms with Gasteiger partial charge in [0, 0.05) is 12.5 Å². The Morgan fingerprint density at radius 1 is 1.17 bits per heavy atom. The first kappa shape index (κ1) is 20.6. The number of esters is 2. The number of urea groups is 1. The highest BCUT2D eigenvalue weighted by Gasteiger charge is 2.34. The molecular weight excluding hydrogens is 396 g/mol.